The fraction of sp³-hybridized carbons (Fsp3) is 0.692. The van der Waals surface area contributed by atoms with E-state index in [1.54, 1.807) is 0 Å². The Morgan fingerprint density at radius 3 is 2.56 bits per heavy atom. The topological polar surface area (TPSA) is 3.24 Å². The van der Waals surface area contributed by atoms with Crippen LogP contribution in [-0.2, 0) is 0 Å². The summed E-state index contributed by atoms with van der Waals surface area (Å²) in [7, 11) is 0. The molecule has 0 amide bonds. The van der Waals surface area contributed by atoms with Gasteiger partial charge in [-0.3, -0.25) is 0 Å². The van der Waals surface area contributed by atoms with Gasteiger partial charge >= 0.3 is 0 Å². The lowest BCUT2D eigenvalue weighted by atomic mass is 9.73. The molecular weight excluding hydrogens is 241 g/mol. The van der Waals surface area contributed by atoms with Gasteiger partial charge in [-0.25, -0.2) is 0 Å². The number of alkyl halides is 1. The van der Waals surface area contributed by atoms with Crippen molar-refractivity contribution in [3.63, 3.8) is 0 Å². The summed E-state index contributed by atoms with van der Waals surface area (Å²) in [5.41, 5.74) is 1.49. The molecule has 4 rings (SSSR count). The van der Waals surface area contributed by atoms with Gasteiger partial charge in [0.15, 0.2) is 0 Å². The van der Waals surface area contributed by atoms with Crippen molar-refractivity contribution in [3.05, 3.63) is 22.8 Å². The van der Waals surface area contributed by atoms with E-state index in [-0.39, 0.29) is 5.38 Å². The highest BCUT2D eigenvalue weighted by Crippen LogP contribution is 2.40. The van der Waals surface area contributed by atoms with Crippen LogP contribution in [0.2, 0.25) is 0 Å². The zero-order valence-corrected chi connectivity index (χ0v) is 10.8. The monoisotopic (exact) mass is 257 g/mol. The maximum absolute atomic E-state index is 6.21. The first-order valence-corrected chi connectivity index (χ1v) is 6.98. The molecule has 1 nitrogen and oxygen atoms in total. The van der Waals surface area contributed by atoms with E-state index < -0.39 is 0 Å². The van der Waals surface area contributed by atoms with Crippen molar-refractivity contribution >= 4 is 23.2 Å². The van der Waals surface area contributed by atoms with Gasteiger partial charge in [-0.2, -0.15) is 0 Å². The lowest BCUT2D eigenvalue weighted by Crippen LogP contribution is -2.48. The van der Waals surface area contributed by atoms with Crippen LogP contribution in [0.4, 0.5) is 0 Å². The third kappa shape index (κ3) is 2.05. The molecule has 0 saturated carbocycles. The van der Waals surface area contributed by atoms with E-state index in [1.807, 2.05) is 6.08 Å². The van der Waals surface area contributed by atoms with Crippen molar-refractivity contribution in [1.82, 2.24) is 4.90 Å². The number of nitrogens with zero attached hydrogens (tertiary/aromatic N) is 1. The molecular formula is C13H17Cl2N. The molecule has 0 radical (unpaired) electrons. The second-order valence-corrected chi connectivity index (χ2v) is 6.23. The normalized spacial score (nSPS) is 42.9. The zero-order valence-electron chi connectivity index (χ0n) is 9.33. The van der Waals surface area contributed by atoms with Crippen LogP contribution in [0.15, 0.2) is 22.8 Å². The lowest BCUT2D eigenvalue weighted by Gasteiger charge is -2.46. The first kappa shape index (κ1) is 11.1. The molecule has 0 spiro atoms. The van der Waals surface area contributed by atoms with Crippen LogP contribution in [0.25, 0.3) is 0 Å². The minimum atomic E-state index is 0.1000. The van der Waals surface area contributed by atoms with Crippen molar-refractivity contribution < 1.29 is 0 Å². The Hall–Kier alpha value is 0.0200. The molecule has 88 valence electrons. The van der Waals surface area contributed by atoms with E-state index in [4.69, 9.17) is 23.2 Å². The van der Waals surface area contributed by atoms with Gasteiger partial charge in [0.1, 0.15) is 0 Å². The Kier molecular flexibility index (Phi) is 3.03. The Bertz CT molecular complexity index is 340. The van der Waals surface area contributed by atoms with Crippen molar-refractivity contribution in [1.29, 1.82) is 0 Å². The Morgan fingerprint density at radius 2 is 2.00 bits per heavy atom. The summed E-state index contributed by atoms with van der Waals surface area (Å²) in [5.74, 6) is 1.59. The highest BCUT2D eigenvalue weighted by atomic mass is 35.5. The Balaban J connectivity index is 1.80. The molecule has 2 bridgehead atoms. The minimum Gasteiger partial charge on any atom is -0.303 e. The first-order valence-electron chi connectivity index (χ1n) is 6.16. The molecule has 0 aromatic heterocycles. The molecule has 16 heavy (non-hydrogen) atoms. The highest BCUT2D eigenvalue weighted by molar-refractivity contribution is 6.32. The number of halogens is 2. The Morgan fingerprint density at radius 1 is 1.25 bits per heavy atom. The van der Waals surface area contributed by atoms with Crippen LogP contribution in [0.1, 0.15) is 19.3 Å². The van der Waals surface area contributed by atoms with Gasteiger partial charge in [0.25, 0.3) is 0 Å². The molecule has 3 aliphatic heterocycles. The van der Waals surface area contributed by atoms with Gasteiger partial charge in [0.05, 0.1) is 5.38 Å². The van der Waals surface area contributed by atoms with Crippen molar-refractivity contribution in [2.24, 2.45) is 11.8 Å². The van der Waals surface area contributed by atoms with E-state index >= 15 is 0 Å². The third-order valence-corrected chi connectivity index (χ3v) is 4.74. The lowest BCUT2D eigenvalue weighted by molar-refractivity contribution is 0.0668. The Labute approximate surface area is 107 Å². The fourth-order valence-electron chi connectivity index (χ4n) is 3.38. The molecule has 2 unspecified atom stereocenters. The smallest absolute Gasteiger partial charge is 0.0570 e. The summed E-state index contributed by atoms with van der Waals surface area (Å²) < 4.78 is 0. The van der Waals surface area contributed by atoms with Crippen LogP contribution in [0.5, 0.6) is 0 Å². The summed E-state index contributed by atoms with van der Waals surface area (Å²) in [5, 5.41) is 0.931. The summed E-state index contributed by atoms with van der Waals surface area (Å²) in [6, 6.07) is 0. The maximum Gasteiger partial charge on any atom is 0.0570 e. The molecule has 0 aromatic rings. The first-order chi connectivity index (χ1) is 7.72. The van der Waals surface area contributed by atoms with Crippen LogP contribution in [0.3, 0.4) is 0 Å². The van der Waals surface area contributed by atoms with Crippen molar-refractivity contribution in [3.8, 4) is 0 Å². The van der Waals surface area contributed by atoms with Crippen LogP contribution < -0.4 is 0 Å². The average Bonchev–Trinajstić information content (AvgIpc) is 2.29. The minimum absolute atomic E-state index is 0.1000. The van der Waals surface area contributed by atoms with Gasteiger partial charge in [-0.1, -0.05) is 17.2 Å². The number of allylic oxidation sites excluding steroid dienone is 3. The third-order valence-electron chi connectivity index (χ3n) is 4.23. The van der Waals surface area contributed by atoms with Crippen LogP contribution >= 0.6 is 23.2 Å². The number of rotatable bonds is 1. The molecule has 4 aliphatic rings. The van der Waals surface area contributed by atoms with E-state index in [1.165, 1.54) is 38.0 Å². The molecule has 0 N–H and O–H groups in total. The van der Waals surface area contributed by atoms with Crippen LogP contribution in [0, 0.1) is 11.8 Å². The largest absolute Gasteiger partial charge is 0.303 e. The van der Waals surface area contributed by atoms with Gasteiger partial charge in [0, 0.05) is 11.6 Å². The molecule has 3 heteroatoms. The molecule has 0 aromatic carbocycles. The highest BCUT2D eigenvalue weighted by Gasteiger charge is 2.36. The predicted octanol–water partition coefficient (Wildman–Crippen LogP) is 3.39. The van der Waals surface area contributed by atoms with Gasteiger partial charge in [-0.15, -0.1) is 11.6 Å². The molecule has 1 aliphatic carbocycles. The average molecular weight is 258 g/mol. The summed E-state index contributed by atoms with van der Waals surface area (Å²) >= 11 is 12.3. The number of hydrogen-bond acceptors (Lipinski definition) is 1. The summed E-state index contributed by atoms with van der Waals surface area (Å²) in [6.45, 7) is 3.81. The van der Waals surface area contributed by atoms with Gasteiger partial charge in [-0.05, 0) is 56.3 Å². The SMILES string of the molecule is ClC1=CC(Cl)CC(C2CN3CCC2CC3)=C1. The maximum atomic E-state index is 6.21. The quantitative estimate of drug-likeness (QED) is 0.652. The van der Waals surface area contributed by atoms with E-state index in [0.717, 1.165) is 17.4 Å². The van der Waals surface area contributed by atoms with Gasteiger partial charge in [0.2, 0.25) is 0 Å². The number of piperidine rings is 3. The number of fused-ring (bicyclic) bond motifs is 3. The second-order valence-electron chi connectivity index (χ2n) is 5.24. The molecule has 2 atom stereocenters. The fourth-order valence-corrected chi connectivity index (χ4v) is 4.06. The summed E-state index contributed by atoms with van der Waals surface area (Å²) in [4.78, 5) is 2.58. The van der Waals surface area contributed by atoms with Crippen LogP contribution in [-0.4, -0.2) is 29.9 Å². The molecule has 3 heterocycles. The predicted molar refractivity (Wildman–Crippen MR) is 68.9 cm³/mol. The molecule has 3 fully saturated rings. The second kappa shape index (κ2) is 4.36. The summed E-state index contributed by atoms with van der Waals surface area (Å²) in [6.07, 6.45) is 7.82. The van der Waals surface area contributed by atoms with Crippen molar-refractivity contribution in [2.75, 3.05) is 19.6 Å². The number of hydrogen-bond donors (Lipinski definition) is 0. The molecule has 3 saturated heterocycles. The van der Waals surface area contributed by atoms with Crippen molar-refractivity contribution in [2.45, 2.75) is 24.6 Å². The van der Waals surface area contributed by atoms with Gasteiger partial charge < -0.3 is 4.90 Å². The van der Waals surface area contributed by atoms with E-state index in [0.29, 0.717) is 5.92 Å². The standard InChI is InChI=1S/C13H17Cl2N/c14-11-5-10(6-12(15)7-11)13-8-16-3-1-9(13)2-4-16/h5,7,9,12-13H,1-4,6,8H2. The van der Waals surface area contributed by atoms with E-state index in [9.17, 15) is 0 Å². The zero-order chi connectivity index (χ0) is 11.1. The van der Waals surface area contributed by atoms with E-state index in [2.05, 4.69) is 11.0 Å².